The molecule has 4 aromatic rings. The number of methoxy groups -OCH3 is 1. The molecule has 2 aromatic carbocycles. The Balaban J connectivity index is 1.41. The zero-order valence-electron chi connectivity index (χ0n) is 16.0. The maximum absolute atomic E-state index is 12.4. The Morgan fingerprint density at radius 3 is 2.63 bits per heavy atom. The number of ketones is 1. The number of benzene rings is 2. The summed E-state index contributed by atoms with van der Waals surface area (Å²) in [5.74, 6) is 1.06. The van der Waals surface area contributed by atoms with Crippen molar-refractivity contribution in [3.05, 3.63) is 78.1 Å². The molecular weight excluding hydrogens is 402 g/mol. The Morgan fingerprint density at radius 1 is 1.07 bits per heavy atom. The summed E-state index contributed by atoms with van der Waals surface area (Å²) in [5.41, 5.74) is 1.43. The highest BCUT2D eigenvalue weighted by Gasteiger charge is 2.10. The molecule has 0 aliphatic heterocycles. The van der Waals surface area contributed by atoms with Crippen LogP contribution in [-0.2, 0) is 9.53 Å². The molecule has 2 aromatic heterocycles. The van der Waals surface area contributed by atoms with Crippen molar-refractivity contribution in [1.82, 2.24) is 4.98 Å². The van der Waals surface area contributed by atoms with Crippen LogP contribution in [0, 0.1) is 0 Å². The van der Waals surface area contributed by atoms with Crippen LogP contribution in [0.25, 0.3) is 27.1 Å². The summed E-state index contributed by atoms with van der Waals surface area (Å²) in [7, 11) is 1.29. The monoisotopic (exact) mass is 419 g/mol. The van der Waals surface area contributed by atoms with Gasteiger partial charge >= 0.3 is 5.97 Å². The van der Waals surface area contributed by atoms with Crippen LogP contribution in [0.4, 0.5) is 0 Å². The Labute approximate surface area is 176 Å². The minimum absolute atomic E-state index is 0.174. The van der Waals surface area contributed by atoms with Gasteiger partial charge in [-0.3, -0.25) is 4.79 Å². The summed E-state index contributed by atoms with van der Waals surface area (Å²) in [5, 5.41) is 0.796. The molecule has 0 fully saturated rings. The second kappa shape index (κ2) is 8.75. The van der Waals surface area contributed by atoms with E-state index in [1.807, 2.05) is 30.3 Å². The third-order valence-electron chi connectivity index (χ3n) is 4.25. The lowest BCUT2D eigenvalue weighted by molar-refractivity contribution is -0.142. The molecule has 150 valence electrons. The molecule has 0 unspecified atom stereocenters. The number of carbonyl (C=O) groups excluding carboxylic acids is 2. The van der Waals surface area contributed by atoms with E-state index in [-0.39, 0.29) is 12.4 Å². The smallest absolute Gasteiger partial charge is 0.343 e. The number of fused-ring (bicyclic) bond motifs is 1. The number of hydrogen-bond donors (Lipinski definition) is 0. The molecule has 7 heteroatoms. The number of para-hydroxylation sites is 1. The first kappa shape index (κ1) is 19.6. The number of hydrogen-bond acceptors (Lipinski definition) is 7. The number of aromatic nitrogens is 1. The molecule has 2 heterocycles. The Morgan fingerprint density at radius 2 is 1.87 bits per heavy atom. The van der Waals surface area contributed by atoms with Crippen molar-refractivity contribution in [1.29, 1.82) is 0 Å². The van der Waals surface area contributed by atoms with Crippen LogP contribution < -0.4 is 4.74 Å². The third-order valence-corrected chi connectivity index (χ3v) is 5.30. The van der Waals surface area contributed by atoms with Gasteiger partial charge in [0.15, 0.2) is 23.2 Å². The van der Waals surface area contributed by atoms with Gasteiger partial charge in [-0.1, -0.05) is 12.1 Å². The van der Waals surface area contributed by atoms with Gasteiger partial charge in [0.2, 0.25) is 0 Å². The lowest BCUT2D eigenvalue weighted by Crippen LogP contribution is -2.12. The van der Waals surface area contributed by atoms with E-state index in [0.717, 1.165) is 15.2 Å². The molecule has 0 saturated heterocycles. The SMILES string of the molecule is COC(=O)COc1ccc(C(=O)C=Cc2ccc(-c3nc4ccccc4s3)o2)cc1. The quantitative estimate of drug-likeness (QED) is 0.238. The molecular formula is C23H17NO5S. The average Bonchev–Trinajstić information content (AvgIpc) is 3.43. The molecule has 0 bridgehead atoms. The normalized spacial score (nSPS) is 11.1. The number of carbonyl (C=O) groups is 2. The number of furan rings is 1. The van der Waals surface area contributed by atoms with Gasteiger partial charge in [-0.25, -0.2) is 9.78 Å². The second-order valence-corrected chi connectivity index (χ2v) is 7.31. The Kier molecular flexibility index (Phi) is 5.72. The van der Waals surface area contributed by atoms with Gasteiger partial charge in [0.1, 0.15) is 11.5 Å². The Hall–Kier alpha value is -3.71. The summed E-state index contributed by atoms with van der Waals surface area (Å²) in [6.45, 7) is -0.181. The standard InChI is InChI=1S/C23H17NO5S/c1-27-22(26)14-28-16-8-6-15(7-9-16)19(25)12-10-17-11-13-20(29-17)23-24-18-4-2-3-5-21(18)30-23/h2-13H,14H2,1H3. The Bertz CT molecular complexity index is 1190. The van der Waals surface area contributed by atoms with Crippen LogP contribution >= 0.6 is 11.3 Å². The van der Waals surface area contributed by atoms with Gasteiger partial charge in [-0.15, -0.1) is 11.3 Å². The van der Waals surface area contributed by atoms with E-state index in [1.165, 1.54) is 13.2 Å². The molecule has 6 nitrogen and oxygen atoms in total. The maximum atomic E-state index is 12.4. The molecule has 0 spiro atoms. The van der Waals surface area contributed by atoms with Gasteiger partial charge < -0.3 is 13.9 Å². The van der Waals surface area contributed by atoms with Gasteiger partial charge in [0.25, 0.3) is 0 Å². The van der Waals surface area contributed by atoms with Crippen LogP contribution in [0.15, 0.2) is 71.2 Å². The third kappa shape index (κ3) is 4.47. The maximum Gasteiger partial charge on any atom is 0.343 e. The van der Waals surface area contributed by atoms with Gasteiger partial charge in [-0.2, -0.15) is 0 Å². The number of thiazole rings is 1. The highest BCUT2D eigenvalue weighted by atomic mass is 32.1. The van der Waals surface area contributed by atoms with Gasteiger partial charge in [-0.05, 0) is 60.7 Å². The van der Waals surface area contributed by atoms with E-state index in [2.05, 4.69) is 9.72 Å². The summed E-state index contributed by atoms with van der Waals surface area (Å²) in [4.78, 5) is 28.0. The van der Waals surface area contributed by atoms with Gasteiger partial charge in [0, 0.05) is 5.56 Å². The molecule has 0 saturated carbocycles. The molecule has 4 rings (SSSR count). The van der Waals surface area contributed by atoms with Crippen LogP contribution in [0.5, 0.6) is 5.75 Å². The molecule has 0 radical (unpaired) electrons. The van der Waals surface area contributed by atoms with Crippen molar-refractivity contribution in [2.75, 3.05) is 13.7 Å². The number of allylic oxidation sites excluding steroid dienone is 1. The lowest BCUT2D eigenvalue weighted by atomic mass is 10.1. The van der Waals surface area contributed by atoms with Crippen molar-refractivity contribution < 1.29 is 23.5 Å². The topological polar surface area (TPSA) is 78.6 Å². The second-order valence-electron chi connectivity index (χ2n) is 6.28. The van der Waals surface area contributed by atoms with Crippen LogP contribution in [-0.4, -0.2) is 30.5 Å². The van der Waals surface area contributed by atoms with E-state index < -0.39 is 5.97 Å². The van der Waals surface area contributed by atoms with Crippen molar-refractivity contribution >= 4 is 39.4 Å². The number of ether oxygens (including phenoxy) is 2. The van der Waals surface area contributed by atoms with Gasteiger partial charge in [0.05, 0.1) is 17.3 Å². The van der Waals surface area contributed by atoms with E-state index in [9.17, 15) is 9.59 Å². The van der Waals surface area contributed by atoms with E-state index in [4.69, 9.17) is 9.15 Å². The minimum atomic E-state index is -0.471. The predicted octanol–water partition coefficient (Wildman–Crippen LogP) is 5.00. The van der Waals surface area contributed by atoms with Crippen molar-refractivity contribution in [2.45, 2.75) is 0 Å². The minimum Gasteiger partial charge on any atom is -0.482 e. The summed E-state index contributed by atoms with van der Waals surface area (Å²) in [6, 6.07) is 18.1. The summed E-state index contributed by atoms with van der Waals surface area (Å²) >= 11 is 1.56. The average molecular weight is 419 g/mol. The molecule has 0 aliphatic carbocycles. The van der Waals surface area contributed by atoms with Crippen molar-refractivity contribution in [3.8, 4) is 16.5 Å². The lowest BCUT2D eigenvalue weighted by Gasteiger charge is -2.04. The van der Waals surface area contributed by atoms with E-state index >= 15 is 0 Å². The summed E-state index contributed by atoms with van der Waals surface area (Å²) < 4.78 is 16.7. The first-order chi connectivity index (χ1) is 14.6. The summed E-state index contributed by atoms with van der Waals surface area (Å²) in [6.07, 6.45) is 3.08. The van der Waals surface area contributed by atoms with E-state index in [0.29, 0.717) is 22.8 Å². The molecule has 0 atom stereocenters. The number of rotatable bonds is 7. The predicted molar refractivity (Wildman–Crippen MR) is 115 cm³/mol. The van der Waals surface area contributed by atoms with Crippen molar-refractivity contribution in [3.63, 3.8) is 0 Å². The first-order valence-electron chi connectivity index (χ1n) is 9.10. The first-order valence-corrected chi connectivity index (χ1v) is 9.92. The van der Waals surface area contributed by atoms with Crippen molar-refractivity contribution in [2.24, 2.45) is 0 Å². The molecule has 0 aliphatic rings. The van der Waals surface area contributed by atoms with Crippen LogP contribution in [0.2, 0.25) is 0 Å². The van der Waals surface area contributed by atoms with Crippen LogP contribution in [0.3, 0.4) is 0 Å². The molecule has 30 heavy (non-hydrogen) atoms. The largest absolute Gasteiger partial charge is 0.482 e. The fourth-order valence-corrected chi connectivity index (χ4v) is 3.63. The fraction of sp³-hybridized carbons (Fsp3) is 0.0870. The highest BCUT2D eigenvalue weighted by molar-refractivity contribution is 7.21. The van der Waals surface area contributed by atoms with Crippen LogP contribution in [0.1, 0.15) is 16.1 Å². The highest BCUT2D eigenvalue weighted by Crippen LogP contribution is 2.31. The fourth-order valence-electron chi connectivity index (χ4n) is 2.71. The number of esters is 1. The zero-order chi connectivity index (χ0) is 20.9. The number of nitrogens with zero attached hydrogens (tertiary/aromatic N) is 1. The van der Waals surface area contributed by atoms with E-state index in [1.54, 1.807) is 47.7 Å². The molecule has 0 amide bonds. The molecule has 0 N–H and O–H groups in total. The zero-order valence-corrected chi connectivity index (χ0v) is 16.8.